The molecule has 0 aliphatic carbocycles. The number of fused-ring (bicyclic) bond motifs is 10. The van der Waals surface area contributed by atoms with Gasteiger partial charge in [0.2, 0.25) is 0 Å². The van der Waals surface area contributed by atoms with Crippen molar-refractivity contribution >= 4 is 54.6 Å². The van der Waals surface area contributed by atoms with Crippen LogP contribution in [0.1, 0.15) is 11.1 Å². The highest BCUT2D eigenvalue weighted by Gasteiger charge is 2.21. The predicted octanol–water partition coefficient (Wildman–Crippen LogP) is 10.6. The van der Waals surface area contributed by atoms with E-state index in [0.29, 0.717) is 0 Å². The summed E-state index contributed by atoms with van der Waals surface area (Å²) in [5.41, 5.74) is 10.5. The smallest absolute Gasteiger partial charge is 0.179 e. The van der Waals surface area contributed by atoms with Crippen LogP contribution in [0.15, 0.2) is 118 Å². The van der Waals surface area contributed by atoms with Crippen LogP contribution < -0.4 is 0 Å². The molecule has 0 radical (unpaired) electrons. The van der Waals surface area contributed by atoms with E-state index in [1.54, 1.807) is 0 Å². The normalized spacial score (nSPS) is 11.9. The third-order valence-electron chi connectivity index (χ3n) is 7.82. The maximum Gasteiger partial charge on any atom is 0.179 e. The van der Waals surface area contributed by atoms with Crippen LogP contribution in [0.2, 0.25) is 0 Å². The molecular formula is C36H24O2. The van der Waals surface area contributed by atoms with E-state index in [-0.39, 0.29) is 0 Å². The van der Waals surface area contributed by atoms with Crippen molar-refractivity contribution in [1.29, 1.82) is 0 Å². The molecule has 0 saturated carbocycles. The molecule has 0 aliphatic heterocycles. The molecule has 8 rings (SSSR count). The minimum atomic E-state index is 0.808. The number of furan rings is 2. The van der Waals surface area contributed by atoms with Crippen molar-refractivity contribution in [3.63, 3.8) is 0 Å². The van der Waals surface area contributed by atoms with Crippen LogP contribution in [-0.4, -0.2) is 0 Å². The van der Waals surface area contributed by atoms with Gasteiger partial charge in [0.05, 0.1) is 0 Å². The van der Waals surface area contributed by atoms with Crippen LogP contribution >= 0.6 is 0 Å². The first-order chi connectivity index (χ1) is 18.6. The Morgan fingerprint density at radius 2 is 0.789 bits per heavy atom. The SMILES string of the molecule is Cc1ccc(-c2ccc3c(c2)oc2c4oc5cc(-c6ccc(C)cc6)ccc5c4c4ccccc4c32)cc1. The lowest BCUT2D eigenvalue weighted by Gasteiger charge is -2.04. The van der Waals surface area contributed by atoms with E-state index in [1.807, 2.05) is 0 Å². The largest absolute Gasteiger partial charge is 0.452 e. The number of hydrogen-bond donors (Lipinski definition) is 0. The summed E-state index contributed by atoms with van der Waals surface area (Å²) in [6.45, 7) is 4.22. The fraction of sp³-hybridized carbons (Fsp3) is 0.0556. The molecule has 0 saturated heterocycles. The summed E-state index contributed by atoms with van der Waals surface area (Å²) in [6.07, 6.45) is 0. The second kappa shape index (κ2) is 7.84. The van der Waals surface area contributed by atoms with Gasteiger partial charge in [-0.05, 0) is 71.1 Å². The molecule has 2 heteroatoms. The van der Waals surface area contributed by atoms with E-state index in [2.05, 4.69) is 123 Å². The fourth-order valence-electron chi connectivity index (χ4n) is 5.82. The summed E-state index contributed by atoms with van der Waals surface area (Å²) >= 11 is 0. The third kappa shape index (κ3) is 3.07. The Hall–Kier alpha value is -4.82. The Morgan fingerprint density at radius 1 is 0.395 bits per heavy atom. The summed E-state index contributed by atoms with van der Waals surface area (Å²) < 4.78 is 13.2. The van der Waals surface area contributed by atoms with Gasteiger partial charge in [0.1, 0.15) is 11.2 Å². The topological polar surface area (TPSA) is 26.3 Å². The van der Waals surface area contributed by atoms with E-state index in [9.17, 15) is 0 Å². The van der Waals surface area contributed by atoms with Gasteiger partial charge in [-0.1, -0.05) is 96.1 Å². The van der Waals surface area contributed by atoms with Crippen molar-refractivity contribution < 1.29 is 8.83 Å². The molecule has 0 fully saturated rings. The monoisotopic (exact) mass is 488 g/mol. The minimum absolute atomic E-state index is 0.808. The zero-order valence-electron chi connectivity index (χ0n) is 21.2. The lowest BCUT2D eigenvalue weighted by Crippen LogP contribution is -1.80. The van der Waals surface area contributed by atoms with Gasteiger partial charge in [-0.3, -0.25) is 0 Å². The molecule has 0 aliphatic rings. The molecule has 0 amide bonds. The van der Waals surface area contributed by atoms with Gasteiger partial charge in [0, 0.05) is 21.5 Å². The van der Waals surface area contributed by atoms with Crippen molar-refractivity contribution in [3.8, 4) is 22.3 Å². The number of aryl methyl sites for hydroxylation is 2. The van der Waals surface area contributed by atoms with Gasteiger partial charge in [0.25, 0.3) is 0 Å². The van der Waals surface area contributed by atoms with E-state index in [0.717, 1.165) is 55.0 Å². The minimum Gasteiger partial charge on any atom is -0.452 e. The Balaban J connectivity index is 1.43. The van der Waals surface area contributed by atoms with Crippen molar-refractivity contribution in [2.24, 2.45) is 0 Å². The molecule has 2 aromatic heterocycles. The second-order valence-electron chi connectivity index (χ2n) is 10.3. The molecule has 0 atom stereocenters. The molecule has 180 valence electrons. The molecule has 8 aromatic rings. The van der Waals surface area contributed by atoms with Crippen molar-refractivity contribution in [3.05, 3.63) is 120 Å². The average molecular weight is 489 g/mol. The number of benzene rings is 6. The standard InChI is InChI=1S/C36H24O2/c1-21-7-11-23(12-8-21)25-15-17-29-31(19-25)37-35-33(29)27-5-3-4-6-28(27)34-30-18-16-26(20-32(30)38-36(34)35)24-13-9-22(2)10-14-24/h3-20H,1-2H3. The Labute approximate surface area is 219 Å². The summed E-state index contributed by atoms with van der Waals surface area (Å²) in [6, 6.07) is 38.9. The van der Waals surface area contributed by atoms with Crippen molar-refractivity contribution in [2.75, 3.05) is 0 Å². The predicted molar refractivity (Wildman–Crippen MR) is 159 cm³/mol. The fourth-order valence-corrected chi connectivity index (χ4v) is 5.82. The maximum absolute atomic E-state index is 6.62. The summed E-state index contributed by atoms with van der Waals surface area (Å²) in [5, 5.41) is 6.79. The third-order valence-corrected chi connectivity index (χ3v) is 7.82. The molecule has 2 nitrogen and oxygen atoms in total. The highest BCUT2D eigenvalue weighted by molar-refractivity contribution is 6.33. The van der Waals surface area contributed by atoms with Crippen LogP contribution in [0.5, 0.6) is 0 Å². The van der Waals surface area contributed by atoms with Crippen LogP contribution in [0, 0.1) is 13.8 Å². The van der Waals surface area contributed by atoms with Crippen molar-refractivity contribution in [1.82, 2.24) is 0 Å². The number of hydrogen-bond acceptors (Lipinski definition) is 2. The molecule has 0 N–H and O–H groups in total. The highest BCUT2D eigenvalue weighted by atomic mass is 16.4. The highest BCUT2D eigenvalue weighted by Crippen LogP contribution is 2.45. The van der Waals surface area contributed by atoms with E-state index < -0.39 is 0 Å². The van der Waals surface area contributed by atoms with Gasteiger partial charge in [-0.25, -0.2) is 0 Å². The van der Waals surface area contributed by atoms with Crippen LogP contribution in [0.4, 0.5) is 0 Å². The first-order valence-electron chi connectivity index (χ1n) is 13.0. The number of rotatable bonds is 2. The molecule has 0 unspecified atom stereocenters. The lowest BCUT2D eigenvalue weighted by atomic mass is 9.97. The molecule has 6 aromatic carbocycles. The summed E-state index contributed by atoms with van der Waals surface area (Å²) in [5.74, 6) is 0. The molecular weight excluding hydrogens is 464 g/mol. The first-order valence-corrected chi connectivity index (χ1v) is 13.0. The van der Waals surface area contributed by atoms with Gasteiger partial charge >= 0.3 is 0 Å². The maximum atomic E-state index is 6.62. The molecule has 0 spiro atoms. The zero-order valence-corrected chi connectivity index (χ0v) is 21.2. The quantitative estimate of drug-likeness (QED) is 0.242. The first kappa shape index (κ1) is 21.3. The Kier molecular flexibility index (Phi) is 4.39. The van der Waals surface area contributed by atoms with Crippen LogP contribution in [-0.2, 0) is 0 Å². The Bertz CT molecular complexity index is 2010. The summed E-state index contributed by atoms with van der Waals surface area (Å²) in [7, 11) is 0. The van der Waals surface area contributed by atoms with Gasteiger partial charge in [-0.15, -0.1) is 0 Å². The zero-order chi connectivity index (χ0) is 25.4. The van der Waals surface area contributed by atoms with E-state index in [1.165, 1.54) is 33.0 Å². The average Bonchev–Trinajstić information content (AvgIpc) is 3.52. The molecule has 2 heterocycles. The molecule has 38 heavy (non-hydrogen) atoms. The second-order valence-corrected chi connectivity index (χ2v) is 10.3. The lowest BCUT2D eigenvalue weighted by molar-refractivity contribution is 0.634. The molecule has 0 bridgehead atoms. The van der Waals surface area contributed by atoms with Crippen LogP contribution in [0.3, 0.4) is 0 Å². The van der Waals surface area contributed by atoms with E-state index in [4.69, 9.17) is 8.83 Å². The van der Waals surface area contributed by atoms with Crippen LogP contribution in [0.25, 0.3) is 76.9 Å². The Morgan fingerprint density at radius 3 is 1.21 bits per heavy atom. The van der Waals surface area contributed by atoms with Gasteiger partial charge < -0.3 is 8.83 Å². The van der Waals surface area contributed by atoms with E-state index >= 15 is 0 Å². The van der Waals surface area contributed by atoms with Gasteiger partial charge in [0.15, 0.2) is 11.2 Å². The van der Waals surface area contributed by atoms with Gasteiger partial charge in [-0.2, -0.15) is 0 Å². The van der Waals surface area contributed by atoms with Crippen molar-refractivity contribution in [2.45, 2.75) is 13.8 Å². The summed E-state index contributed by atoms with van der Waals surface area (Å²) in [4.78, 5) is 0.